The van der Waals surface area contributed by atoms with E-state index in [1.165, 1.54) is 11.8 Å². The molecule has 32 heavy (non-hydrogen) atoms. The third-order valence-corrected chi connectivity index (χ3v) is 5.66. The summed E-state index contributed by atoms with van der Waals surface area (Å²) >= 11 is 0. The molecule has 1 fully saturated rings. The van der Waals surface area contributed by atoms with Gasteiger partial charge in [-0.05, 0) is 62.4 Å². The number of aliphatic hydroxyl groups excluding tert-OH is 1. The Kier molecular flexibility index (Phi) is 9.16. The summed E-state index contributed by atoms with van der Waals surface area (Å²) in [5, 5.41) is 15.8. The van der Waals surface area contributed by atoms with Crippen LogP contribution < -0.4 is 20.3 Å². The highest BCUT2D eigenvalue weighted by Gasteiger charge is 2.18. The first kappa shape index (κ1) is 23.9. The average Bonchev–Trinajstić information content (AvgIpc) is 2.83. The lowest BCUT2D eigenvalue weighted by molar-refractivity contribution is 0.203. The number of halogens is 1. The lowest BCUT2D eigenvalue weighted by atomic mass is 9.97. The summed E-state index contributed by atoms with van der Waals surface area (Å²) in [6, 6.07) is 14.9. The van der Waals surface area contributed by atoms with Gasteiger partial charge in [0.15, 0.2) is 17.5 Å². The minimum atomic E-state index is -0.360. The number of rotatable bonds is 9. The molecule has 3 rings (SSSR count). The van der Waals surface area contributed by atoms with Crippen LogP contribution in [-0.2, 0) is 6.54 Å². The summed E-state index contributed by atoms with van der Waals surface area (Å²) in [6.45, 7) is 8.00. The maximum Gasteiger partial charge on any atom is 0.191 e. The van der Waals surface area contributed by atoms with Crippen molar-refractivity contribution in [1.29, 1.82) is 0 Å². The number of hydrogen-bond donors (Lipinski definition) is 3. The van der Waals surface area contributed by atoms with Crippen molar-refractivity contribution in [3.05, 3.63) is 59.9 Å². The van der Waals surface area contributed by atoms with Gasteiger partial charge in [0.2, 0.25) is 0 Å². The number of nitrogens with zero attached hydrogens (tertiary/aromatic N) is 2. The van der Waals surface area contributed by atoms with Crippen molar-refractivity contribution in [3.63, 3.8) is 0 Å². The molecule has 1 aliphatic rings. The molecule has 0 spiro atoms. The van der Waals surface area contributed by atoms with Crippen LogP contribution >= 0.6 is 0 Å². The molecule has 1 atom stereocenters. The van der Waals surface area contributed by atoms with E-state index >= 15 is 0 Å². The SMILES string of the molecule is CCNC(=NCc1ccc(N2CCC(CO)CC2)cc1)NCC(C)Oc1ccccc1F. The fraction of sp³-hybridized carbons (Fsp3) is 0.480. The summed E-state index contributed by atoms with van der Waals surface area (Å²) in [4.78, 5) is 7.04. The highest BCUT2D eigenvalue weighted by Crippen LogP contribution is 2.23. The summed E-state index contributed by atoms with van der Waals surface area (Å²) in [5.74, 6) is 1.04. The molecule has 7 heteroatoms. The quantitative estimate of drug-likeness (QED) is 0.409. The average molecular weight is 443 g/mol. The van der Waals surface area contributed by atoms with Crippen LogP contribution in [0.3, 0.4) is 0 Å². The Hall–Kier alpha value is -2.80. The highest BCUT2D eigenvalue weighted by atomic mass is 19.1. The van der Waals surface area contributed by atoms with E-state index in [0.29, 0.717) is 31.6 Å². The standard InChI is InChI=1S/C25H35FN4O2/c1-3-27-25(28-16-19(2)32-24-7-5-4-6-23(24)26)29-17-20-8-10-22(11-9-20)30-14-12-21(18-31)13-15-30/h4-11,19,21,31H,3,12-18H2,1-2H3,(H2,27,28,29). The van der Waals surface area contributed by atoms with Crippen LogP contribution in [0.5, 0.6) is 5.75 Å². The molecular formula is C25H35FN4O2. The largest absolute Gasteiger partial charge is 0.486 e. The van der Waals surface area contributed by atoms with Gasteiger partial charge >= 0.3 is 0 Å². The molecule has 1 aliphatic heterocycles. The molecule has 6 nitrogen and oxygen atoms in total. The normalized spacial score (nSPS) is 16.0. The summed E-state index contributed by atoms with van der Waals surface area (Å²) < 4.78 is 19.4. The smallest absolute Gasteiger partial charge is 0.191 e. The van der Waals surface area contributed by atoms with Crippen LogP contribution in [0, 0.1) is 11.7 Å². The fourth-order valence-corrected chi connectivity index (χ4v) is 3.74. The molecule has 2 aromatic rings. The number of ether oxygens (including phenoxy) is 1. The zero-order chi connectivity index (χ0) is 22.8. The lowest BCUT2D eigenvalue weighted by Crippen LogP contribution is -2.41. The molecule has 0 radical (unpaired) electrons. The third-order valence-electron chi connectivity index (χ3n) is 5.66. The predicted octanol–water partition coefficient (Wildman–Crippen LogP) is 3.56. The van der Waals surface area contributed by atoms with Gasteiger partial charge in [-0.25, -0.2) is 9.38 Å². The summed E-state index contributed by atoms with van der Waals surface area (Å²) in [5.41, 5.74) is 2.35. The number of nitrogens with one attached hydrogen (secondary N) is 2. The number of guanidine groups is 1. The van der Waals surface area contributed by atoms with Crippen molar-refractivity contribution in [2.45, 2.75) is 39.3 Å². The third kappa shape index (κ3) is 7.12. The van der Waals surface area contributed by atoms with Crippen LogP contribution in [0.2, 0.25) is 0 Å². The molecular weight excluding hydrogens is 407 g/mol. The highest BCUT2D eigenvalue weighted by molar-refractivity contribution is 5.79. The second kappa shape index (κ2) is 12.3. The lowest BCUT2D eigenvalue weighted by Gasteiger charge is -2.32. The molecule has 0 amide bonds. The first-order valence-corrected chi connectivity index (χ1v) is 11.5. The van der Waals surface area contributed by atoms with Crippen LogP contribution in [-0.4, -0.2) is 50.0 Å². The number of benzene rings is 2. The van der Waals surface area contributed by atoms with Crippen LogP contribution in [0.1, 0.15) is 32.3 Å². The second-order valence-electron chi connectivity index (χ2n) is 8.21. The fourth-order valence-electron chi connectivity index (χ4n) is 3.74. The van der Waals surface area contributed by atoms with E-state index in [4.69, 9.17) is 4.74 Å². The zero-order valence-corrected chi connectivity index (χ0v) is 19.1. The zero-order valence-electron chi connectivity index (χ0n) is 19.1. The monoisotopic (exact) mass is 442 g/mol. The predicted molar refractivity (Wildman–Crippen MR) is 128 cm³/mol. The Labute approximate surface area is 190 Å². The summed E-state index contributed by atoms with van der Waals surface area (Å²) in [7, 11) is 0. The first-order chi connectivity index (χ1) is 15.6. The number of aliphatic imine (C=N–C) groups is 1. The van der Waals surface area contributed by atoms with E-state index in [1.54, 1.807) is 18.2 Å². The molecule has 1 saturated heterocycles. The van der Waals surface area contributed by atoms with Gasteiger partial charge in [0.25, 0.3) is 0 Å². The number of piperidine rings is 1. The minimum absolute atomic E-state index is 0.218. The second-order valence-corrected chi connectivity index (χ2v) is 8.21. The molecule has 0 bridgehead atoms. The molecule has 1 unspecified atom stereocenters. The van der Waals surface area contributed by atoms with Gasteiger partial charge < -0.3 is 25.4 Å². The van der Waals surface area contributed by atoms with Crippen molar-refractivity contribution in [2.24, 2.45) is 10.9 Å². The number of hydrogen-bond acceptors (Lipinski definition) is 4. The van der Waals surface area contributed by atoms with Gasteiger partial charge in [-0.2, -0.15) is 0 Å². The summed E-state index contributed by atoms with van der Waals surface area (Å²) in [6.07, 6.45) is 1.86. The maximum atomic E-state index is 13.8. The van der Waals surface area contributed by atoms with Gasteiger partial charge in [-0.3, -0.25) is 0 Å². The Morgan fingerprint density at radius 2 is 1.88 bits per heavy atom. The van der Waals surface area contributed by atoms with Gasteiger partial charge in [-0.1, -0.05) is 24.3 Å². The Bertz CT molecular complexity index is 851. The molecule has 0 aromatic heterocycles. The van der Waals surface area contributed by atoms with E-state index < -0.39 is 0 Å². The molecule has 0 aliphatic carbocycles. The Morgan fingerprint density at radius 1 is 1.16 bits per heavy atom. The van der Waals surface area contributed by atoms with Crippen LogP contribution in [0.25, 0.3) is 0 Å². The Morgan fingerprint density at radius 3 is 2.53 bits per heavy atom. The van der Waals surface area contributed by atoms with E-state index in [2.05, 4.69) is 44.8 Å². The van der Waals surface area contributed by atoms with E-state index in [1.807, 2.05) is 13.8 Å². The maximum absolute atomic E-state index is 13.8. The molecule has 1 heterocycles. The van der Waals surface area contributed by atoms with Crippen molar-refractivity contribution < 1.29 is 14.2 Å². The molecule has 2 aromatic carbocycles. The van der Waals surface area contributed by atoms with Crippen molar-refractivity contribution in [3.8, 4) is 5.75 Å². The van der Waals surface area contributed by atoms with Crippen molar-refractivity contribution in [2.75, 3.05) is 37.7 Å². The molecule has 0 saturated carbocycles. The molecule has 174 valence electrons. The van der Waals surface area contributed by atoms with Crippen LogP contribution in [0.4, 0.5) is 10.1 Å². The van der Waals surface area contributed by atoms with Gasteiger partial charge in [0.05, 0.1) is 13.1 Å². The van der Waals surface area contributed by atoms with Gasteiger partial charge in [0.1, 0.15) is 6.10 Å². The first-order valence-electron chi connectivity index (χ1n) is 11.5. The van der Waals surface area contributed by atoms with E-state index in [-0.39, 0.29) is 17.7 Å². The van der Waals surface area contributed by atoms with E-state index in [0.717, 1.165) is 38.0 Å². The van der Waals surface area contributed by atoms with Gasteiger partial charge in [-0.15, -0.1) is 0 Å². The van der Waals surface area contributed by atoms with E-state index in [9.17, 15) is 9.50 Å². The van der Waals surface area contributed by atoms with Crippen molar-refractivity contribution >= 4 is 11.6 Å². The van der Waals surface area contributed by atoms with Gasteiger partial charge in [0, 0.05) is 31.9 Å². The van der Waals surface area contributed by atoms with Crippen molar-refractivity contribution in [1.82, 2.24) is 10.6 Å². The van der Waals surface area contributed by atoms with Crippen LogP contribution in [0.15, 0.2) is 53.5 Å². The number of para-hydroxylation sites is 1. The number of anilines is 1. The Balaban J connectivity index is 1.50. The number of aliphatic hydroxyl groups is 1. The minimum Gasteiger partial charge on any atom is -0.486 e. The topological polar surface area (TPSA) is 69.1 Å². The molecule has 3 N–H and O–H groups in total.